The molecule has 0 spiro atoms. The van der Waals surface area contributed by atoms with E-state index in [2.05, 4.69) is 22.1 Å². The summed E-state index contributed by atoms with van der Waals surface area (Å²) in [5, 5.41) is 7.54. The summed E-state index contributed by atoms with van der Waals surface area (Å²) in [6, 6.07) is 2.13. The number of ether oxygens (including phenoxy) is 1. The maximum atomic E-state index is 5.57. The molecule has 1 N–H and O–H groups in total. The number of thiophene rings is 1. The van der Waals surface area contributed by atoms with E-state index in [0.717, 1.165) is 19.7 Å². The van der Waals surface area contributed by atoms with Gasteiger partial charge < -0.3 is 10.1 Å². The van der Waals surface area contributed by atoms with Crippen LogP contribution in [0.4, 0.5) is 0 Å². The quantitative estimate of drug-likeness (QED) is 0.686. The van der Waals surface area contributed by atoms with Crippen LogP contribution >= 0.6 is 11.3 Å². The highest BCUT2D eigenvalue weighted by molar-refractivity contribution is 7.07. The lowest BCUT2D eigenvalue weighted by Crippen LogP contribution is -2.33. The van der Waals surface area contributed by atoms with Crippen molar-refractivity contribution in [3.8, 4) is 0 Å². The topological polar surface area (TPSA) is 21.3 Å². The average Bonchev–Trinajstić information content (AvgIpc) is 2.58. The van der Waals surface area contributed by atoms with Crippen molar-refractivity contribution in [2.24, 2.45) is 0 Å². The van der Waals surface area contributed by atoms with Gasteiger partial charge in [0.15, 0.2) is 0 Å². The van der Waals surface area contributed by atoms with Crippen molar-refractivity contribution in [1.29, 1.82) is 0 Å². The molecule has 2 rings (SSSR count). The Hall–Kier alpha value is -0.380. The first-order valence-corrected chi connectivity index (χ1v) is 4.75. The van der Waals surface area contributed by atoms with Crippen LogP contribution in [0.5, 0.6) is 0 Å². The molecule has 1 aromatic heterocycles. The third kappa shape index (κ3) is 1.61. The Balaban J connectivity index is 2.04. The molecule has 0 saturated carbocycles. The van der Waals surface area contributed by atoms with E-state index in [1.807, 2.05) is 0 Å². The second-order valence-electron chi connectivity index (χ2n) is 2.62. The van der Waals surface area contributed by atoms with Crippen LogP contribution in [0.1, 0.15) is 11.7 Å². The highest BCUT2D eigenvalue weighted by Gasteiger charge is 2.14. The summed E-state index contributed by atoms with van der Waals surface area (Å²) in [7, 11) is 0. The van der Waals surface area contributed by atoms with E-state index < -0.39 is 0 Å². The molecule has 2 nitrogen and oxygen atoms in total. The van der Waals surface area contributed by atoms with Gasteiger partial charge in [-0.3, -0.25) is 0 Å². The Bertz CT molecular complexity index is 204. The molecular formula is C8H11NOS. The van der Waals surface area contributed by atoms with Crippen LogP contribution in [0.3, 0.4) is 0 Å². The molecule has 1 aliphatic rings. The van der Waals surface area contributed by atoms with Crippen molar-refractivity contribution in [2.45, 2.75) is 6.10 Å². The Morgan fingerprint density at radius 3 is 3.27 bits per heavy atom. The van der Waals surface area contributed by atoms with Crippen molar-refractivity contribution >= 4 is 11.3 Å². The third-order valence-corrected chi connectivity index (χ3v) is 2.54. The van der Waals surface area contributed by atoms with E-state index in [9.17, 15) is 0 Å². The maximum Gasteiger partial charge on any atom is 0.0957 e. The Kier molecular flexibility index (Phi) is 2.21. The van der Waals surface area contributed by atoms with Gasteiger partial charge in [0, 0.05) is 13.1 Å². The number of hydrogen-bond donors (Lipinski definition) is 1. The third-order valence-electron chi connectivity index (χ3n) is 1.84. The first-order valence-electron chi connectivity index (χ1n) is 3.81. The molecule has 1 fully saturated rings. The standard InChI is InChI=1S/C8H11NOS/c1-4-11-6-7(1)8-5-9-2-3-10-8/h1,4,6,8-9H,2-3,5H2/t8-/m0/s1. The minimum atomic E-state index is 0.287. The number of hydrogen-bond acceptors (Lipinski definition) is 3. The molecule has 1 saturated heterocycles. The summed E-state index contributed by atoms with van der Waals surface area (Å²) in [5.74, 6) is 0. The van der Waals surface area contributed by atoms with Gasteiger partial charge in [-0.2, -0.15) is 11.3 Å². The van der Waals surface area contributed by atoms with Gasteiger partial charge in [-0.15, -0.1) is 0 Å². The number of morpholine rings is 1. The van der Waals surface area contributed by atoms with Crippen molar-refractivity contribution < 1.29 is 4.74 Å². The molecular weight excluding hydrogens is 158 g/mol. The molecule has 0 aliphatic carbocycles. The predicted molar refractivity (Wildman–Crippen MR) is 45.9 cm³/mol. The SMILES string of the molecule is c1cc([C@@H]2CNCCO2)cs1. The highest BCUT2D eigenvalue weighted by atomic mass is 32.1. The van der Waals surface area contributed by atoms with Crippen LogP contribution in [0.25, 0.3) is 0 Å². The summed E-state index contributed by atoms with van der Waals surface area (Å²) >= 11 is 1.73. The largest absolute Gasteiger partial charge is 0.371 e. The maximum absolute atomic E-state index is 5.57. The molecule has 60 valence electrons. The highest BCUT2D eigenvalue weighted by Crippen LogP contribution is 2.20. The van der Waals surface area contributed by atoms with Crippen molar-refractivity contribution in [3.63, 3.8) is 0 Å². The number of rotatable bonds is 1. The van der Waals surface area contributed by atoms with E-state index in [1.54, 1.807) is 11.3 Å². The van der Waals surface area contributed by atoms with Gasteiger partial charge >= 0.3 is 0 Å². The zero-order valence-corrected chi connectivity index (χ0v) is 7.06. The van der Waals surface area contributed by atoms with E-state index in [1.165, 1.54) is 5.56 Å². The average molecular weight is 169 g/mol. The summed E-state index contributed by atoms with van der Waals surface area (Å²) in [6.07, 6.45) is 0.287. The molecule has 0 amide bonds. The van der Waals surface area contributed by atoms with Gasteiger partial charge in [-0.25, -0.2) is 0 Å². The monoisotopic (exact) mass is 169 g/mol. The molecule has 3 heteroatoms. The van der Waals surface area contributed by atoms with E-state index in [4.69, 9.17) is 4.74 Å². The number of nitrogens with one attached hydrogen (secondary N) is 1. The fraction of sp³-hybridized carbons (Fsp3) is 0.500. The Morgan fingerprint density at radius 1 is 1.64 bits per heavy atom. The molecule has 1 atom stereocenters. The van der Waals surface area contributed by atoms with Gasteiger partial charge in [0.1, 0.15) is 0 Å². The van der Waals surface area contributed by atoms with Gasteiger partial charge in [0.2, 0.25) is 0 Å². The summed E-state index contributed by atoms with van der Waals surface area (Å²) in [4.78, 5) is 0. The summed E-state index contributed by atoms with van der Waals surface area (Å²) in [6.45, 7) is 2.78. The Morgan fingerprint density at radius 2 is 2.64 bits per heavy atom. The lowest BCUT2D eigenvalue weighted by atomic mass is 10.2. The zero-order valence-electron chi connectivity index (χ0n) is 6.25. The van der Waals surface area contributed by atoms with Gasteiger partial charge in [-0.1, -0.05) is 0 Å². The van der Waals surface area contributed by atoms with E-state index in [0.29, 0.717) is 0 Å². The van der Waals surface area contributed by atoms with Gasteiger partial charge in [-0.05, 0) is 22.4 Å². The molecule has 0 bridgehead atoms. The molecule has 1 aromatic rings. The van der Waals surface area contributed by atoms with Gasteiger partial charge in [0.05, 0.1) is 12.7 Å². The fourth-order valence-corrected chi connectivity index (χ4v) is 1.94. The normalized spacial score (nSPS) is 25.3. The molecule has 0 radical (unpaired) electrons. The van der Waals surface area contributed by atoms with E-state index in [-0.39, 0.29) is 6.10 Å². The lowest BCUT2D eigenvalue weighted by molar-refractivity contribution is 0.0279. The molecule has 1 aliphatic heterocycles. The van der Waals surface area contributed by atoms with Crippen LogP contribution in [0.2, 0.25) is 0 Å². The Labute approximate surface area is 70.2 Å². The summed E-state index contributed by atoms with van der Waals surface area (Å²) in [5.41, 5.74) is 1.31. The summed E-state index contributed by atoms with van der Waals surface area (Å²) < 4.78 is 5.57. The first-order chi connectivity index (χ1) is 5.47. The molecule has 11 heavy (non-hydrogen) atoms. The fourth-order valence-electron chi connectivity index (χ4n) is 1.24. The molecule has 0 unspecified atom stereocenters. The van der Waals surface area contributed by atoms with Crippen LogP contribution in [-0.2, 0) is 4.74 Å². The van der Waals surface area contributed by atoms with Crippen LogP contribution in [0, 0.1) is 0 Å². The minimum absolute atomic E-state index is 0.287. The van der Waals surface area contributed by atoms with Crippen LogP contribution < -0.4 is 5.32 Å². The van der Waals surface area contributed by atoms with Crippen molar-refractivity contribution in [1.82, 2.24) is 5.32 Å². The molecule has 2 heterocycles. The second-order valence-corrected chi connectivity index (χ2v) is 3.40. The van der Waals surface area contributed by atoms with Crippen molar-refractivity contribution in [2.75, 3.05) is 19.7 Å². The second kappa shape index (κ2) is 3.34. The molecule has 0 aromatic carbocycles. The smallest absolute Gasteiger partial charge is 0.0957 e. The first kappa shape index (κ1) is 7.28. The van der Waals surface area contributed by atoms with Crippen molar-refractivity contribution in [3.05, 3.63) is 22.4 Å². The van der Waals surface area contributed by atoms with Gasteiger partial charge in [0.25, 0.3) is 0 Å². The zero-order chi connectivity index (χ0) is 7.52. The predicted octanol–water partition coefficient (Wildman–Crippen LogP) is 1.41. The minimum Gasteiger partial charge on any atom is -0.371 e. The lowest BCUT2D eigenvalue weighted by Gasteiger charge is -2.22. The van der Waals surface area contributed by atoms with Crippen LogP contribution in [-0.4, -0.2) is 19.7 Å². The van der Waals surface area contributed by atoms with Crippen LogP contribution in [0.15, 0.2) is 16.8 Å². The van der Waals surface area contributed by atoms with E-state index >= 15 is 0 Å².